The molecule has 0 bridgehead atoms. The topological polar surface area (TPSA) is 86.5 Å². The Morgan fingerprint density at radius 3 is 1.95 bits per heavy atom. The van der Waals surface area contributed by atoms with Crippen molar-refractivity contribution < 1.29 is 32.2 Å². The molecule has 1 unspecified atom stereocenters. The lowest BCUT2D eigenvalue weighted by atomic mass is 9.92. The van der Waals surface area contributed by atoms with E-state index in [1.165, 1.54) is 29.1 Å². The van der Waals surface area contributed by atoms with Crippen LogP contribution in [-0.2, 0) is 4.43 Å². The summed E-state index contributed by atoms with van der Waals surface area (Å²) < 4.78 is 57.4. The number of ether oxygens (including phenoxy) is 1. The van der Waals surface area contributed by atoms with E-state index in [1.54, 1.807) is 0 Å². The molecule has 1 N–H and O–H groups in total. The second-order valence-electron chi connectivity index (χ2n) is 11.2. The molecule has 2 aromatic heterocycles. The highest BCUT2D eigenvalue weighted by atomic mass is 35.5. The van der Waals surface area contributed by atoms with E-state index in [4.69, 9.17) is 25.9 Å². The molecule has 0 aliphatic rings. The third-order valence-electron chi connectivity index (χ3n) is 7.11. The number of pyridine rings is 1. The Morgan fingerprint density at radius 2 is 1.48 bits per heavy atom. The van der Waals surface area contributed by atoms with Crippen molar-refractivity contribution in [3.8, 4) is 11.7 Å². The Balaban J connectivity index is 1.62. The van der Waals surface area contributed by atoms with Gasteiger partial charge in [-0.3, -0.25) is 0 Å². The van der Waals surface area contributed by atoms with Gasteiger partial charge in [0.1, 0.15) is 17.2 Å². The number of nitrogens with zero attached hydrogens (tertiary/aromatic N) is 3. The average molecular weight is 618 g/mol. The second-order valence-corrected chi connectivity index (χ2v) is 15.9. The molecule has 4 aromatic rings. The number of halogens is 4. The molecule has 4 rings (SSSR count). The smallest absolute Gasteiger partial charge is 0.399 e. The number of hydrogen-bond acceptors (Lipinski definition) is 5. The molecule has 0 spiro atoms. The summed E-state index contributed by atoms with van der Waals surface area (Å²) in [5.74, 6) is -1.14. The minimum absolute atomic E-state index is 0.0730. The highest BCUT2D eigenvalue weighted by molar-refractivity contribution is 6.99. The molecule has 42 heavy (non-hydrogen) atoms. The lowest BCUT2D eigenvalue weighted by molar-refractivity contribution is -0.235. The third-order valence-corrected chi connectivity index (χ3v) is 12.4. The standard InChI is InChI=1S/C30H31ClF3N3O4Si/c1-28(2,3)42(21-11-7-5-8-12-21,22-13-9-6-10-14-22)41-20-29(4,30(32,33)34)19-40-25-17-18-37(36-25)24-16-15-23(27(38)39)26(31)35-24/h5-18H,19-20H2,1-4H3,(H,38,39). The lowest BCUT2D eigenvalue weighted by Gasteiger charge is -2.45. The van der Waals surface area contributed by atoms with Crippen LogP contribution in [0.3, 0.4) is 0 Å². The van der Waals surface area contributed by atoms with E-state index in [0.29, 0.717) is 0 Å². The van der Waals surface area contributed by atoms with Crippen LogP contribution >= 0.6 is 11.6 Å². The average Bonchev–Trinajstić information content (AvgIpc) is 3.41. The molecule has 7 nitrogen and oxygen atoms in total. The van der Waals surface area contributed by atoms with Crippen molar-refractivity contribution in [1.82, 2.24) is 14.8 Å². The minimum atomic E-state index is -4.66. The zero-order valence-corrected chi connectivity index (χ0v) is 25.3. The van der Waals surface area contributed by atoms with Crippen molar-refractivity contribution in [2.75, 3.05) is 13.2 Å². The van der Waals surface area contributed by atoms with Crippen LogP contribution in [0.1, 0.15) is 38.1 Å². The molecular formula is C30H31ClF3N3O4Si. The van der Waals surface area contributed by atoms with Crippen LogP contribution in [0.2, 0.25) is 10.2 Å². The van der Waals surface area contributed by atoms with Crippen LogP contribution in [0, 0.1) is 5.41 Å². The molecule has 2 heterocycles. The Bertz CT molecular complexity index is 1490. The number of carboxylic acids is 1. The van der Waals surface area contributed by atoms with Crippen LogP contribution in [0.25, 0.3) is 5.82 Å². The van der Waals surface area contributed by atoms with Crippen LogP contribution in [-0.4, -0.2) is 53.5 Å². The fourth-order valence-corrected chi connectivity index (χ4v) is 9.61. The summed E-state index contributed by atoms with van der Waals surface area (Å²) in [5.41, 5.74) is -2.57. The number of aromatic nitrogens is 3. The largest absolute Gasteiger partial charge is 0.478 e. The number of alkyl halides is 3. The summed E-state index contributed by atoms with van der Waals surface area (Å²) in [5, 5.41) is 14.3. The first-order valence-corrected chi connectivity index (χ1v) is 15.4. The van der Waals surface area contributed by atoms with E-state index in [9.17, 15) is 18.0 Å². The van der Waals surface area contributed by atoms with Crippen LogP contribution in [0.5, 0.6) is 5.88 Å². The maximum absolute atomic E-state index is 14.7. The monoisotopic (exact) mass is 617 g/mol. The SMILES string of the molecule is CC(COc1ccn(-c2ccc(C(=O)O)c(Cl)n2)n1)(CO[Si](c1ccccc1)(c1ccccc1)C(C)(C)C)C(F)(F)F. The zero-order valence-electron chi connectivity index (χ0n) is 23.5. The first-order chi connectivity index (χ1) is 19.7. The van der Waals surface area contributed by atoms with Gasteiger partial charge >= 0.3 is 12.1 Å². The quantitative estimate of drug-likeness (QED) is 0.170. The number of carbonyl (C=O) groups is 1. The first-order valence-electron chi connectivity index (χ1n) is 13.1. The third kappa shape index (κ3) is 6.23. The van der Waals surface area contributed by atoms with Crippen molar-refractivity contribution in [2.45, 2.75) is 38.9 Å². The minimum Gasteiger partial charge on any atom is -0.478 e. The summed E-state index contributed by atoms with van der Waals surface area (Å²) >= 11 is 5.94. The summed E-state index contributed by atoms with van der Waals surface area (Å²) in [6, 6.07) is 22.9. The molecule has 0 fully saturated rings. The predicted octanol–water partition coefficient (Wildman–Crippen LogP) is 6.14. The molecule has 0 aliphatic heterocycles. The summed E-state index contributed by atoms with van der Waals surface area (Å²) in [6.45, 7) is 5.67. The summed E-state index contributed by atoms with van der Waals surface area (Å²) in [6.07, 6.45) is -3.24. The van der Waals surface area contributed by atoms with Crippen LogP contribution < -0.4 is 15.1 Å². The van der Waals surface area contributed by atoms with E-state index < -0.39 is 44.1 Å². The van der Waals surface area contributed by atoms with Crippen LogP contribution in [0.4, 0.5) is 13.2 Å². The van der Waals surface area contributed by atoms with Crippen molar-refractivity contribution >= 4 is 36.3 Å². The van der Waals surface area contributed by atoms with Gasteiger partial charge in [0.25, 0.3) is 8.32 Å². The van der Waals surface area contributed by atoms with Crippen molar-refractivity contribution in [3.63, 3.8) is 0 Å². The van der Waals surface area contributed by atoms with Gasteiger partial charge in [0, 0.05) is 12.3 Å². The Labute approximate surface area is 248 Å². The first kappa shape index (κ1) is 31.3. The lowest BCUT2D eigenvalue weighted by Crippen LogP contribution is -2.67. The van der Waals surface area contributed by atoms with Gasteiger partial charge < -0.3 is 14.3 Å². The van der Waals surface area contributed by atoms with Crippen LogP contribution in [0.15, 0.2) is 85.1 Å². The number of carboxylic acid groups (broad SMARTS) is 1. The summed E-state index contributed by atoms with van der Waals surface area (Å²) in [7, 11) is -3.24. The van der Waals surface area contributed by atoms with Gasteiger partial charge in [-0.2, -0.15) is 13.2 Å². The van der Waals surface area contributed by atoms with E-state index in [-0.39, 0.29) is 22.4 Å². The van der Waals surface area contributed by atoms with Gasteiger partial charge in [0.15, 0.2) is 5.82 Å². The zero-order chi connectivity index (χ0) is 30.8. The highest BCUT2D eigenvalue weighted by Crippen LogP contribution is 2.42. The highest BCUT2D eigenvalue weighted by Gasteiger charge is 2.56. The van der Waals surface area contributed by atoms with Gasteiger partial charge in [-0.05, 0) is 34.5 Å². The Kier molecular flexibility index (Phi) is 8.86. The number of benzene rings is 2. The number of hydrogen-bond donors (Lipinski definition) is 1. The molecule has 0 saturated heterocycles. The van der Waals surface area contributed by atoms with E-state index in [0.717, 1.165) is 17.3 Å². The molecule has 2 aromatic carbocycles. The Hall–Kier alpha value is -3.67. The maximum atomic E-state index is 14.7. The second kappa shape index (κ2) is 11.9. The summed E-state index contributed by atoms with van der Waals surface area (Å²) in [4.78, 5) is 15.2. The predicted molar refractivity (Wildman–Crippen MR) is 157 cm³/mol. The van der Waals surface area contributed by atoms with Gasteiger partial charge in [0.05, 0.1) is 12.2 Å². The number of rotatable bonds is 10. The van der Waals surface area contributed by atoms with Crippen molar-refractivity contribution in [3.05, 3.63) is 95.8 Å². The van der Waals surface area contributed by atoms with E-state index >= 15 is 0 Å². The molecule has 0 saturated carbocycles. The van der Waals surface area contributed by atoms with Crippen molar-refractivity contribution in [1.29, 1.82) is 0 Å². The van der Waals surface area contributed by atoms with Gasteiger partial charge in [-0.1, -0.05) is 93.0 Å². The van der Waals surface area contributed by atoms with Gasteiger partial charge in [-0.15, -0.1) is 5.10 Å². The molecule has 222 valence electrons. The fourth-order valence-electron chi connectivity index (χ4n) is 4.69. The molecule has 0 radical (unpaired) electrons. The van der Waals surface area contributed by atoms with Gasteiger partial charge in [0.2, 0.25) is 5.88 Å². The van der Waals surface area contributed by atoms with E-state index in [1.807, 2.05) is 81.4 Å². The molecular weight excluding hydrogens is 587 g/mol. The molecule has 12 heteroatoms. The maximum Gasteiger partial charge on any atom is 0.399 e. The molecule has 0 amide bonds. The van der Waals surface area contributed by atoms with E-state index in [2.05, 4.69) is 10.1 Å². The normalized spacial score (nSPS) is 13.9. The molecule has 1 atom stereocenters. The van der Waals surface area contributed by atoms with Gasteiger partial charge in [-0.25, -0.2) is 14.5 Å². The molecule has 0 aliphatic carbocycles. The number of aromatic carboxylic acids is 1. The Morgan fingerprint density at radius 1 is 0.905 bits per heavy atom. The van der Waals surface area contributed by atoms with Crippen molar-refractivity contribution in [2.24, 2.45) is 5.41 Å². The fraction of sp³-hybridized carbons (Fsp3) is 0.300.